The van der Waals surface area contributed by atoms with Crippen LogP contribution in [0, 0.1) is 0 Å². The monoisotopic (exact) mass is 196 g/mol. The van der Waals surface area contributed by atoms with E-state index in [1.54, 1.807) is 0 Å². The van der Waals surface area contributed by atoms with E-state index in [0.717, 1.165) is 6.92 Å². The summed E-state index contributed by atoms with van der Waals surface area (Å²) in [7, 11) is 0. The van der Waals surface area contributed by atoms with Crippen molar-refractivity contribution in [3.63, 3.8) is 0 Å². The first-order valence-electron chi connectivity index (χ1n) is 2.62. The van der Waals surface area contributed by atoms with E-state index in [4.69, 9.17) is 0 Å². The zero-order valence-electron chi connectivity index (χ0n) is 5.70. The quantitative estimate of drug-likeness (QED) is 0.345. The maximum atomic E-state index is 10.5. The summed E-state index contributed by atoms with van der Waals surface area (Å²) in [5.41, 5.74) is 0. The molecular weight excluding hydrogens is 191 g/mol. The number of carbonyl (C=O) groups excluding carboxylic acids is 3. The predicted molar refractivity (Wildman–Crippen MR) is 27.3 cm³/mol. The number of carbonyl (C=O) groups is 3. The summed E-state index contributed by atoms with van der Waals surface area (Å²) >= 11 is -1.38. The molecule has 0 saturated heterocycles. The average molecular weight is 196 g/mol. The normalized spacial score (nSPS) is 8.45. The first-order chi connectivity index (χ1) is 5.07. The van der Waals surface area contributed by atoms with Gasteiger partial charge in [0.1, 0.15) is 0 Å². The Morgan fingerprint density at radius 2 is 1.91 bits per heavy atom. The van der Waals surface area contributed by atoms with Crippen LogP contribution in [0.1, 0.15) is 6.92 Å². The second-order valence-electron chi connectivity index (χ2n) is 1.59. The SMILES string of the molecule is CC(=O)OC(=O)C(=O)[CH2][V]=[O]. The first-order valence-corrected chi connectivity index (χ1v) is 4.18. The number of hydrogen-bond donors (Lipinski definition) is 0. The first kappa shape index (κ1) is 10.2. The van der Waals surface area contributed by atoms with Crippen LogP contribution in [-0.4, -0.2) is 17.7 Å². The van der Waals surface area contributed by atoms with Crippen LogP contribution in [0.3, 0.4) is 0 Å². The van der Waals surface area contributed by atoms with E-state index >= 15 is 0 Å². The van der Waals surface area contributed by atoms with Crippen molar-refractivity contribution in [2.24, 2.45) is 0 Å². The minimum atomic E-state index is -1.38. The van der Waals surface area contributed by atoms with Crippen molar-refractivity contribution in [3.05, 3.63) is 0 Å². The van der Waals surface area contributed by atoms with Crippen LogP contribution in [0.2, 0.25) is 5.13 Å². The van der Waals surface area contributed by atoms with E-state index in [-0.39, 0.29) is 5.13 Å². The number of Topliss-reactive ketones (excluding diaryl/α,β-unsaturated/α-hetero) is 1. The van der Waals surface area contributed by atoms with Crippen molar-refractivity contribution in [2.45, 2.75) is 12.1 Å². The molecular formula is C5H5O5V. The van der Waals surface area contributed by atoms with E-state index in [9.17, 15) is 18.1 Å². The zero-order valence-corrected chi connectivity index (χ0v) is 7.09. The number of hydrogen-bond acceptors (Lipinski definition) is 5. The van der Waals surface area contributed by atoms with Gasteiger partial charge in [-0.15, -0.1) is 0 Å². The minimum absolute atomic E-state index is 0.331. The Balaban J connectivity index is 3.93. The molecule has 0 radical (unpaired) electrons. The molecule has 0 aliphatic carbocycles. The van der Waals surface area contributed by atoms with Crippen LogP contribution < -0.4 is 0 Å². The molecule has 0 spiro atoms. The van der Waals surface area contributed by atoms with Gasteiger partial charge in [0, 0.05) is 0 Å². The number of ketones is 1. The Hall–Kier alpha value is -0.806. The fourth-order valence-electron chi connectivity index (χ4n) is 0.311. The second kappa shape index (κ2) is 4.93. The van der Waals surface area contributed by atoms with Crippen molar-refractivity contribution in [1.82, 2.24) is 0 Å². The van der Waals surface area contributed by atoms with Crippen molar-refractivity contribution in [3.8, 4) is 0 Å². The van der Waals surface area contributed by atoms with Crippen LogP contribution >= 0.6 is 0 Å². The van der Waals surface area contributed by atoms with E-state index in [1.165, 1.54) is 0 Å². The van der Waals surface area contributed by atoms with Gasteiger partial charge in [0.05, 0.1) is 0 Å². The van der Waals surface area contributed by atoms with Gasteiger partial charge in [-0.3, -0.25) is 0 Å². The Kier molecular flexibility index (Phi) is 4.57. The molecule has 60 valence electrons. The van der Waals surface area contributed by atoms with Gasteiger partial charge in [-0.1, -0.05) is 0 Å². The van der Waals surface area contributed by atoms with Crippen LogP contribution in [0.25, 0.3) is 0 Å². The van der Waals surface area contributed by atoms with Crippen molar-refractivity contribution in [2.75, 3.05) is 0 Å². The molecule has 0 bridgehead atoms. The standard InChI is InChI=1S/C5H5O4.O.V/c1-3(6)5(8)9-4(2)7;;/h1H2,2H3;;. The van der Waals surface area contributed by atoms with Crippen molar-refractivity contribution < 1.29 is 39.0 Å². The van der Waals surface area contributed by atoms with Crippen molar-refractivity contribution >= 4 is 17.7 Å². The molecule has 0 heterocycles. The van der Waals surface area contributed by atoms with E-state index in [0.29, 0.717) is 0 Å². The van der Waals surface area contributed by atoms with E-state index < -0.39 is 34.0 Å². The van der Waals surface area contributed by atoms with Crippen LogP contribution in [-0.2, 0) is 39.0 Å². The summed E-state index contributed by atoms with van der Waals surface area (Å²) in [6.45, 7) is 1.01. The van der Waals surface area contributed by atoms with Gasteiger partial charge in [-0.2, -0.15) is 0 Å². The van der Waals surface area contributed by atoms with Gasteiger partial charge >= 0.3 is 68.8 Å². The molecule has 11 heavy (non-hydrogen) atoms. The molecule has 0 aromatic carbocycles. The van der Waals surface area contributed by atoms with Crippen LogP contribution in [0.5, 0.6) is 0 Å². The molecule has 0 aromatic heterocycles. The molecule has 0 saturated carbocycles. The molecule has 0 aromatic rings. The van der Waals surface area contributed by atoms with Gasteiger partial charge < -0.3 is 0 Å². The second-order valence-corrected chi connectivity index (χ2v) is 2.49. The zero-order chi connectivity index (χ0) is 8.85. The summed E-state index contributed by atoms with van der Waals surface area (Å²) in [6.07, 6.45) is 0. The molecule has 0 unspecified atom stereocenters. The summed E-state index contributed by atoms with van der Waals surface area (Å²) < 4.78 is 13.8. The van der Waals surface area contributed by atoms with E-state index in [1.807, 2.05) is 0 Å². The summed E-state index contributed by atoms with van der Waals surface area (Å²) in [5.74, 6) is -3.00. The fourth-order valence-corrected chi connectivity index (χ4v) is 0.695. The molecule has 0 amide bonds. The third-order valence-electron chi connectivity index (χ3n) is 0.672. The maximum absolute atomic E-state index is 10.5. The Labute approximate surface area is 69.4 Å². The molecule has 0 aliphatic rings. The van der Waals surface area contributed by atoms with Gasteiger partial charge in [0.25, 0.3) is 0 Å². The molecule has 5 nitrogen and oxygen atoms in total. The van der Waals surface area contributed by atoms with Crippen molar-refractivity contribution in [1.29, 1.82) is 0 Å². The number of ether oxygens (including phenoxy) is 1. The molecule has 0 aliphatic heterocycles. The molecule has 6 heteroatoms. The van der Waals surface area contributed by atoms with Gasteiger partial charge in [0.2, 0.25) is 0 Å². The predicted octanol–water partition coefficient (Wildman–Crippen LogP) is -0.509. The summed E-state index contributed by atoms with van der Waals surface area (Å²) in [5, 5.41) is -0.331. The van der Waals surface area contributed by atoms with Crippen LogP contribution in [0.4, 0.5) is 0 Å². The molecule has 0 N–H and O–H groups in total. The third kappa shape index (κ3) is 4.58. The molecule has 0 atom stereocenters. The average Bonchev–Trinajstić information content (AvgIpc) is 1.86. The number of esters is 2. The summed E-state index contributed by atoms with van der Waals surface area (Å²) in [6, 6.07) is 0. The Morgan fingerprint density at radius 3 is 2.27 bits per heavy atom. The number of rotatable bonds is 3. The summed E-state index contributed by atoms with van der Waals surface area (Å²) in [4.78, 5) is 31.0. The molecule has 0 fully saturated rings. The Morgan fingerprint density at radius 1 is 1.36 bits per heavy atom. The topological polar surface area (TPSA) is 77.5 Å². The van der Waals surface area contributed by atoms with Gasteiger partial charge in [0.15, 0.2) is 0 Å². The fraction of sp³-hybridized carbons (Fsp3) is 0.400. The van der Waals surface area contributed by atoms with Gasteiger partial charge in [-0.25, -0.2) is 0 Å². The van der Waals surface area contributed by atoms with Crippen LogP contribution in [0.15, 0.2) is 0 Å². The molecule has 0 rings (SSSR count). The Bertz CT molecular complexity index is 209. The van der Waals surface area contributed by atoms with E-state index in [2.05, 4.69) is 4.74 Å². The third-order valence-corrected chi connectivity index (χ3v) is 1.32. The van der Waals surface area contributed by atoms with Gasteiger partial charge in [-0.05, 0) is 0 Å².